The van der Waals surface area contributed by atoms with Crippen molar-refractivity contribution >= 4 is 22.7 Å². The monoisotopic (exact) mass is 536 g/mol. The number of piperidine rings is 1. The van der Waals surface area contributed by atoms with Crippen LogP contribution in [0.5, 0.6) is 0 Å². The van der Waals surface area contributed by atoms with E-state index in [0.717, 1.165) is 43.6 Å². The SMILES string of the molecule is O=C1CCC(n2c(CCCCCCCCNC34CC5CC(CC(C5)C3)C4)nc3cccc(F)c3c2=O)C(=O)N1. The largest absolute Gasteiger partial charge is 0.311 e. The number of rotatable bonds is 11. The molecule has 4 bridgehead atoms. The summed E-state index contributed by atoms with van der Waals surface area (Å²) in [6.45, 7) is 1.13. The Balaban J connectivity index is 0.997. The van der Waals surface area contributed by atoms with Gasteiger partial charge >= 0.3 is 0 Å². The molecule has 1 unspecified atom stereocenters. The van der Waals surface area contributed by atoms with Crippen LogP contribution < -0.4 is 16.2 Å². The fourth-order valence-electron chi connectivity index (χ4n) is 8.47. The topological polar surface area (TPSA) is 93.1 Å². The molecule has 1 aromatic heterocycles. The number of aromatic nitrogens is 2. The molecule has 7 rings (SSSR count). The number of amides is 2. The van der Waals surface area contributed by atoms with E-state index in [1.807, 2.05) is 0 Å². The number of carbonyl (C=O) groups is 2. The number of carbonyl (C=O) groups excluding carboxylic acids is 2. The normalized spacial score (nSPS) is 29.8. The Morgan fingerprint density at radius 3 is 2.31 bits per heavy atom. The zero-order chi connectivity index (χ0) is 27.0. The predicted molar refractivity (Wildman–Crippen MR) is 148 cm³/mol. The minimum Gasteiger partial charge on any atom is -0.311 e. The quantitative estimate of drug-likeness (QED) is 0.313. The van der Waals surface area contributed by atoms with Crippen LogP contribution in [-0.2, 0) is 16.0 Å². The van der Waals surface area contributed by atoms with Crippen molar-refractivity contribution in [2.24, 2.45) is 17.8 Å². The number of aryl methyl sites for hydroxylation is 1. The van der Waals surface area contributed by atoms with Gasteiger partial charge in [0.25, 0.3) is 5.56 Å². The lowest BCUT2D eigenvalue weighted by molar-refractivity contribution is -0.135. The number of halogens is 1. The van der Waals surface area contributed by atoms with Gasteiger partial charge in [-0.25, -0.2) is 9.37 Å². The summed E-state index contributed by atoms with van der Waals surface area (Å²) >= 11 is 0. The lowest BCUT2D eigenvalue weighted by Crippen LogP contribution is -2.58. The number of hydrogen-bond acceptors (Lipinski definition) is 5. The third kappa shape index (κ3) is 5.54. The first-order valence-electron chi connectivity index (χ1n) is 15.2. The van der Waals surface area contributed by atoms with E-state index in [1.165, 1.54) is 68.4 Å². The van der Waals surface area contributed by atoms with E-state index in [1.54, 1.807) is 12.1 Å². The summed E-state index contributed by atoms with van der Waals surface area (Å²) in [5.74, 6) is 1.92. The third-order valence-corrected chi connectivity index (χ3v) is 9.84. The fourth-order valence-corrected chi connectivity index (χ4v) is 8.47. The van der Waals surface area contributed by atoms with Crippen molar-refractivity contribution in [3.8, 4) is 0 Å². The lowest BCUT2D eigenvalue weighted by Gasteiger charge is -2.57. The lowest BCUT2D eigenvalue weighted by atomic mass is 9.53. The van der Waals surface area contributed by atoms with Crippen molar-refractivity contribution in [3.05, 3.63) is 40.2 Å². The van der Waals surface area contributed by atoms with E-state index < -0.39 is 23.3 Å². The molecule has 8 heteroatoms. The molecule has 4 aliphatic carbocycles. The van der Waals surface area contributed by atoms with E-state index in [-0.39, 0.29) is 24.1 Å². The molecule has 7 nitrogen and oxygen atoms in total. The molecule has 39 heavy (non-hydrogen) atoms. The molecular formula is C31H41FN4O3. The summed E-state index contributed by atoms with van der Waals surface area (Å²) in [4.78, 5) is 42.2. The molecule has 1 aliphatic heterocycles. The Morgan fingerprint density at radius 2 is 1.62 bits per heavy atom. The van der Waals surface area contributed by atoms with E-state index in [0.29, 0.717) is 23.3 Å². The van der Waals surface area contributed by atoms with Gasteiger partial charge in [-0.2, -0.15) is 0 Å². The molecule has 4 saturated carbocycles. The Morgan fingerprint density at radius 1 is 0.949 bits per heavy atom. The van der Waals surface area contributed by atoms with Crippen LogP contribution in [0.25, 0.3) is 10.9 Å². The maximum absolute atomic E-state index is 14.5. The van der Waals surface area contributed by atoms with Crippen LogP contribution in [-0.4, -0.2) is 33.4 Å². The van der Waals surface area contributed by atoms with E-state index in [4.69, 9.17) is 0 Å². The number of benzene rings is 1. The predicted octanol–water partition coefficient (Wildman–Crippen LogP) is 4.95. The Kier molecular flexibility index (Phi) is 7.58. The number of fused-ring (bicyclic) bond motifs is 1. The van der Waals surface area contributed by atoms with Crippen LogP contribution in [0, 0.1) is 23.6 Å². The molecule has 5 fully saturated rings. The van der Waals surface area contributed by atoms with Crippen LogP contribution in [0.1, 0.15) is 102 Å². The van der Waals surface area contributed by atoms with Crippen LogP contribution in [0.4, 0.5) is 4.39 Å². The summed E-state index contributed by atoms with van der Waals surface area (Å²) in [5, 5.41) is 6.21. The van der Waals surface area contributed by atoms with Crippen molar-refractivity contribution in [3.63, 3.8) is 0 Å². The van der Waals surface area contributed by atoms with Crippen LogP contribution >= 0.6 is 0 Å². The zero-order valence-corrected chi connectivity index (χ0v) is 22.9. The van der Waals surface area contributed by atoms with E-state index >= 15 is 0 Å². The summed E-state index contributed by atoms with van der Waals surface area (Å²) in [5.41, 5.74) is 0.210. The third-order valence-electron chi connectivity index (χ3n) is 9.84. The summed E-state index contributed by atoms with van der Waals surface area (Å²) in [6, 6.07) is 3.57. The molecule has 0 spiro atoms. The molecule has 2 amide bonds. The molecule has 1 saturated heterocycles. The number of unbranched alkanes of at least 4 members (excludes halogenated alkanes) is 5. The maximum atomic E-state index is 14.5. The van der Waals surface area contributed by atoms with Crippen LogP contribution in [0.2, 0.25) is 0 Å². The molecule has 1 atom stereocenters. The molecule has 2 aromatic rings. The smallest absolute Gasteiger partial charge is 0.265 e. The van der Waals surface area contributed by atoms with Crippen molar-refractivity contribution in [1.29, 1.82) is 0 Å². The van der Waals surface area contributed by atoms with Gasteiger partial charge in [0.15, 0.2) is 0 Å². The van der Waals surface area contributed by atoms with Crippen molar-refractivity contribution < 1.29 is 14.0 Å². The van der Waals surface area contributed by atoms with Crippen LogP contribution in [0.15, 0.2) is 23.0 Å². The highest BCUT2D eigenvalue weighted by atomic mass is 19.1. The van der Waals surface area contributed by atoms with Gasteiger partial charge in [0.1, 0.15) is 23.1 Å². The Bertz CT molecular complexity index is 1270. The van der Waals surface area contributed by atoms with Gasteiger partial charge in [0.2, 0.25) is 11.8 Å². The second kappa shape index (κ2) is 11.1. The second-order valence-electron chi connectivity index (χ2n) is 12.8. The van der Waals surface area contributed by atoms with Crippen molar-refractivity contribution in [2.75, 3.05) is 6.54 Å². The molecule has 5 aliphatic rings. The Labute approximate surface area is 229 Å². The molecule has 2 heterocycles. The first-order chi connectivity index (χ1) is 18.9. The maximum Gasteiger partial charge on any atom is 0.265 e. The standard InChI is InChI=1S/C31H41FN4O3/c32-23-8-7-9-24-28(23)30(39)36(25-11-12-27(37)35-29(25)38)26(34-24)10-5-3-1-2-4-6-13-33-31-17-20-14-21(18-31)16-22(15-20)19-31/h7-9,20-22,25,33H,1-6,10-19H2,(H,35,37,38). The first-order valence-corrected chi connectivity index (χ1v) is 15.2. The highest BCUT2D eigenvalue weighted by molar-refractivity contribution is 5.99. The second-order valence-corrected chi connectivity index (χ2v) is 12.8. The number of imide groups is 1. The van der Waals surface area contributed by atoms with Crippen LogP contribution in [0.3, 0.4) is 0 Å². The summed E-state index contributed by atoms with van der Waals surface area (Å²) in [7, 11) is 0. The van der Waals surface area contributed by atoms with Gasteiger partial charge < -0.3 is 5.32 Å². The molecular weight excluding hydrogens is 495 g/mol. The van der Waals surface area contributed by atoms with Gasteiger partial charge in [0, 0.05) is 18.4 Å². The zero-order valence-electron chi connectivity index (χ0n) is 22.9. The average Bonchev–Trinajstić information content (AvgIpc) is 2.88. The van der Waals surface area contributed by atoms with E-state index in [2.05, 4.69) is 15.6 Å². The summed E-state index contributed by atoms with van der Waals surface area (Å²) in [6.07, 6.45) is 16.1. The molecule has 0 radical (unpaired) electrons. The van der Waals surface area contributed by atoms with Crippen molar-refractivity contribution in [2.45, 2.75) is 108 Å². The molecule has 1 aromatic carbocycles. The van der Waals surface area contributed by atoms with Gasteiger partial charge in [-0.3, -0.25) is 24.3 Å². The van der Waals surface area contributed by atoms with E-state index in [9.17, 15) is 18.8 Å². The van der Waals surface area contributed by atoms with Gasteiger partial charge in [-0.1, -0.05) is 31.7 Å². The van der Waals surface area contributed by atoms with Gasteiger partial charge in [-0.05, 0) is 94.2 Å². The number of nitrogens with zero attached hydrogens (tertiary/aromatic N) is 2. The average molecular weight is 537 g/mol. The first kappa shape index (κ1) is 26.6. The Hall–Kier alpha value is -2.61. The minimum atomic E-state index is -0.844. The van der Waals surface area contributed by atoms with Gasteiger partial charge in [-0.15, -0.1) is 0 Å². The highest BCUT2D eigenvalue weighted by Gasteiger charge is 2.50. The summed E-state index contributed by atoms with van der Waals surface area (Å²) < 4.78 is 15.9. The highest BCUT2D eigenvalue weighted by Crippen LogP contribution is 2.55. The molecule has 2 N–H and O–H groups in total. The minimum absolute atomic E-state index is 0.104. The molecule has 210 valence electrons. The number of nitrogens with one attached hydrogen (secondary N) is 2. The number of hydrogen-bond donors (Lipinski definition) is 2. The van der Waals surface area contributed by atoms with Gasteiger partial charge in [0.05, 0.1) is 5.52 Å². The fraction of sp³-hybridized carbons (Fsp3) is 0.677. The van der Waals surface area contributed by atoms with Crippen molar-refractivity contribution in [1.82, 2.24) is 20.2 Å².